The van der Waals surface area contributed by atoms with Gasteiger partial charge in [-0.05, 0) is 11.6 Å². The van der Waals surface area contributed by atoms with Crippen molar-refractivity contribution >= 4 is 5.97 Å². The predicted octanol–water partition coefficient (Wildman–Crippen LogP) is 2.73. The van der Waals surface area contributed by atoms with Gasteiger partial charge in [0, 0.05) is 24.5 Å². The highest BCUT2D eigenvalue weighted by atomic mass is 16.4. The van der Waals surface area contributed by atoms with E-state index in [0.717, 1.165) is 16.8 Å². The van der Waals surface area contributed by atoms with E-state index in [-0.39, 0.29) is 5.56 Å². The number of aromatic carboxylic acids is 1. The van der Waals surface area contributed by atoms with Gasteiger partial charge in [0.1, 0.15) is 0 Å². The third-order valence-electron chi connectivity index (χ3n) is 3.06. The van der Waals surface area contributed by atoms with Gasteiger partial charge in [0.15, 0.2) is 0 Å². The van der Waals surface area contributed by atoms with Crippen molar-refractivity contribution < 1.29 is 9.90 Å². The van der Waals surface area contributed by atoms with Crippen LogP contribution >= 0.6 is 0 Å². The Labute approximate surface area is 110 Å². The molecule has 0 amide bonds. The summed E-state index contributed by atoms with van der Waals surface area (Å²) in [6.45, 7) is 0.629. The van der Waals surface area contributed by atoms with Crippen molar-refractivity contribution in [2.24, 2.45) is 0 Å². The van der Waals surface area contributed by atoms with Gasteiger partial charge in [-0.1, -0.05) is 30.3 Å². The van der Waals surface area contributed by atoms with Crippen LogP contribution in [0.1, 0.15) is 15.9 Å². The maximum absolute atomic E-state index is 11.1. The quantitative estimate of drug-likeness (QED) is 0.779. The van der Waals surface area contributed by atoms with Gasteiger partial charge in [-0.25, -0.2) is 4.79 Å². The molecule has 3 rings (SSSR count). The molecule has 0 bridgehead atoms. The molecule has 0 unspecified atom stereocenters. The molecule has 1 N–H and O–H groups in total. The Bertz CT molecular complexity index is 689. The number of carboxylic acids is 1. The zero-order valence-electron chi connectivity index (χ0n) is 10.2. The topological polar surface area (TPSA) is 55.1 Å². The highest BCUT2D eigenvalue weighted by molar-refractivity contribution is 5.89. The molecule has 0 spiro atoms. The number of rotatable bonds is 3. The lowest BCUT2D eigenvalue weighted by Crippen LogP contribution is -2.08. The summed E-state index contributed by atoms with van der Waals surface area (Å²) in [6.07, 6.45) is 5.09. The summed E-state index contributed by atoms with van der Waals surface area (Å²) >= 11 is 0. The van der Waals surface area contributed by atoms with Crippen LogP contribution in [0, 0.1) is 0 Å². The molecule has 4 nitrogen and oxygen atoms in total. The van der Waals surface area contributed by atoms with E-state index in [2.05, 4.69) is 4.98 Å². The second-order valence-electron chi connectivity index (χ2n) is 4.40. The second-order valence-corrected chi connectivity index (χ2v) is 4.40. The van der Waals surface area contributed by atoms with Crippen LogP contribution in [0.5, 0.6) is 0 Å². The van der Waals surface area contributed by atoms with Gasteiger partial charge >= 0.3 is 5.97 Å². The summed E-state index contributed by atoms with van der Waals surface area (Å²) < 4.78 is 1.92. The average molecular weight is 252 g/mol. The van der Waals surface area contributed by atoms with Crippen LogP contribution < -0.4 is 0 Å². The van der Waals surface area contributed by atoms with Crippen molar-refractivity contribution in [3.63, 3.8) is 0 Å². The van der Waals surface area contributed by atoms with Crippen LogP contribution in [-0.4, -0.2) is 20.6 Å². The number of benzene rings is 1. The number of pyridine rings is 1. The van der Waals surface area contributed by atoms with Crippen molar-refractivity contribution in [3.05, 3.63) is 66.1 Å². The lowest BCUT2D eigenvalue weighted by Gasteiger charge is -2.13. The molecule has 4 heteroatoms. The van der Waals surface area contributed by atoms with Crippen LogP contribution in [-0.2, 0) is 6.54 Å². The normalized spacial score (nSPS) is 10.7. The molecular formula is C15H12N2O2. The third kappa shape index (κ3) is 2.20. The molecule has 0 saturated carbocycles. The first-order valence-corrected chi connectivity index (χ1v) is 5.95. The minimum Gasteiger partial charge on any atom is -0.478 e. The van der Waals surface area contributed by atoms with E-state index in [0.29, 0.717) is 6.54 Å². The summed E-state index contributed by atoms with van der Waals surface area (Å²) in [5.74, 6) is -0.926. The Morgan fingerprint density at radius 3 is 2.74 bits per heavy atom. The van der Waals surface area contributed by atoms with Gasteiger partial charge < -0.3 is 9.67 Å². The summed E-state index contributed by atoms with van der Waals surface area (Å²) in [4.78, 5) is 15.2. The van der Waals surface area contributed by atoms with Crippen molar-refractivity contribution in [1.82, 2.24) is 9.55 Å². The number of nitrogens with zero attached hydrogens (tertiary/aromatic N) is 2. The Balaban J connectivity index is 2.07. The Hall–Kier alpha value is -2.62. The van der Waals surface area contributed by atoms with E-state index in [1.807, 2.05) is 34.9 Å². The number of hydrogen-bond donors (Lipinski definition) is 1. The highest BCUT2D eigenvalue weighted by Gasteiger charge is 2.13. The summed E-state index contributed by atoms with van der Waals surface area (Å²) in [5.41, 5.74) is 3.18. The largest absolute Gasteiger partial charge is 0.478 e. The number of fused-ring (bicyclic) bond motifs is 1. The standard InChI is InChI=1S/C15H12N2O2/c18-15(19)13-6-12-7-16-8-14(12)17(10-13)9-11-4-2-1-3-5-11/h1-8,10H,9H2,(H,18,19). The average Bonchev–Trinajstić information content (AvgIpc) is 2.88. The smallest absolute Gasteiger partial charge is 0.337 e. The number of carboxylic acid groups (broad SMARTS) is 1. The Kier molecular flexibility index (Phi) is 2.76. The number of hydrogen-bond acceptors (Lipinski definition) is 2. The zero-order valence-corrected chi connectivity index (χ0v) is 10.2. The van der Waals surface area contributed by atoms with Gasteiger partial charge in [0.25, 0.3) is 0 Å². The van der Waals surface area contributed by atoms with Gasteiger partial charge in [-0.3, -0.25) is 4.98 Å². The molecule has 0 aromatic heterocycles. The molecule has 0 saturated heterocycles. The minimum absolute atomic E-state index is 0.274. The van der Waals surface area contributed by atoms with Crippen molar-refractivity contribution in [2.45, 2.75) is 6.54 Å². The van der Waals surface area contributed by atoms with E-state index >= 15 is 0 Å². The van der Waals surface area contributed by atoms with Crippen molar-refractivity contribution in [2.75, 3.05) is 0 Å². The maximum Gasteiger partial charge on any atom is 0.337 e. The van der Waals surface area contributed by atoms with Crippen LogP contribution in [0.4, 0.5) is 0 Å². The third-order valence-corrected chi connectivity index (χ3v) is 3.06. The molecule has 1 aromatic rings. The molecule has 0 fully saturated rings. The molecule has 0 atom stereocenters. The summed E-state index contributed by atoms with van der Waals surface area (Å²) in [5, 5.41) is 9.14. The van der Waals surface area contributed by atoms with Crippen LogP contribution in [0.3, 0.4) is 0 Å². The fourth-order valence-corrected chi connectivity index (χ4v) is 2.15. The fraction of sp³-hybridized carbons (Fsp3) is 0.0667. The molecule has 0 aliphatic carbocycles. The first-order chi connectivity index (χ1) is 9.24. The van der Waals surface area contributed by atoms with E-state index in [9.17, 15) is 4.79 Å². The van der Waals surface area contributed by atoms with Crippen LogP contribution in [0.15, 0.2) is 55.0 Å². The minimum atomic E-state index is -0.926. The fourth-order valence-electron chi connectivity index (χ4n) is 2.15. The van der Waals surface area contributed by atoms with Gasteiger partial charge in [-0.15, -0.1) is 0 Å². The predicted molar refractivity (Wildman–Crippen MR) is 71.4 cm³/mol. The second kappa shape index (κ2) is 4.57. The zero-order chi connectivity index (χ0) is 13.2. The monoisotopic (exact) mass is 252 g/mol. The van der Waals surface area contributed by atoms with E-state index in [1.54, 1.807) is 24.7 Å². The van der Waals surface area contributed by atoms with Crippen LogP contribution in [0.25, 0.3) is 11.3 Å². The molecule has 2 aliphatic heterocycles. The maximum atomic E-state index is 11.1. The Morgan fingerprint density at radius 1 is 1.21 bits per heavy atom. The van der Waals surface area contributed by atoms with Crippen LogP contribution in [0.2, 0.25) is 0 Å². The highest BCUT2D eigenvalue weighted by Crippen LogP contribution is 2.23. The number of aromatic nitrogens is 2. The Morgan fingerprint density at radius 2 is 2.00 bits per heavy atom. The lowest BCUT2D eigenvalue weighted by atomic mass is 10.1. The molecule has 19 heavy (non-hydrogen) atoms. The summed E-state index contributed by atoms with van der Waals surface area (Å²) in [7, 11) is 0. The number of carbonyl (C=O) groups is 1. The van der Waals surface area contributed by atoms with E-state index in [4.69, 9.17) is 5.11 Å². The van der Waals surface area contributed by atoms with E-state index < -0.39 is 5.97 Å². The lowest BCUT2D eigenvalue weighted by molar-refractivity contribution is 0.0696. The van der Waals surface area contributed by atoms with Gasteiger partial charge in [0.2, 0.25) is 0 Å². The summed E-state index contributed by atoms with van der Waals surface area (Å²) in [6, 6.07) is 11.6. The van der Waals surface area contributed by atoms with Crippen molar-refractivity contribution in [3.8, 4) is 11.3 Å². The molecular weight excluding hydrogens is 240 g/mol. The molecule has 0 radical (unpaired) electrons. The molecule has 2 heterocycles. The van der Waals surface area contributed by atoms with Crippen molar-refractivity contribution in [1.29, 1.82) is 0 Å². The first-order valence-electron chi connectivity index (χ1n) is 5.95. The van der Waals surface area contributed by atoms with Gasteiger partial charge in [-0.2, -0.15) is 0 Å². The SMILES string of the molecule is O=C(O)c1cc2cncc-2n(Cc2ccccc2)c1. The van der Waals surface area contributed by atoms with E-state index in [1.165, 1.54) is 0 Å². The van der Waals surface area contributed by atoms with Gasteiger partial charge in [0.05, 0.1) is 17.5 Å². The first kappa shape index (κ1) is 11.5. The molecule has 94 valence electrons. The molecule has 2 aliphatic rings. The molecule has 1 aromatic carbocycles.